The Morgan fingerprint density at radius 2 is 2.04 bits per heavy atom. The monoisotopic (exact) mass is 424 g/mol. The maximum absolute atomic E-state index is 13.8. The summed E-state index contributed by atoms with van der Waals surface area (Å²) in [6.07, 6.45) is 1.01. The van der Waals surface area contributed by atoms with Gasteiger partial charge in [0.1, 0.15) is 11.3 Å². The van der Waals surface area contributed by atoms with Crippen molar-refractivity contribution in [1.29, 1.82) is 0 Å². The van der Waals surface area contributed by atoms with Crippen LogP contribution in [0, 0.1) is 5.82 Å². The van der Waals surface area contributed by atoms with E-state index in [-0.39, 0.29) is 43.3 Å². The van der Waals surface area contributed by atoms with Gasteiger partial charge in [0.15, 0.2) is 20.6 Å². The molecule has 11 heteroatoms. The van der Waals surface area contributed by atoms with Gasteiger partial charge in [0.25, 0.3) is 5.91 Å². The molecule has 1 unspecified atom stereocenters. The normalized spacial score (nSPS) is 19.1. The summed E-state index contributed by atoms with van der Waals surface area (Å²) in [7, 11) is -2.26. The highest BCUT2D eigenvalue weighted by Crippen LogP contribution is 2.44. The number of hydrogen-bond donors (Lipinski definition) is 3. The van der Waals surface area contributed by atoms with Gasteiger partial charge in [-0.1, -0.05) is 11.6 Å². The number of aromatic nitrogens is 2. The average Bonchev–Trinajstić information content (AvgIpc) is 3.04. The molecule has 4 N–H and O–H groups in total. The van der Waals surface area contributed by atoms with E-state index < -0.39 is 27.3 Å². The number of hydrogen-bond acceptors (Lipinski definition) is 6. The number of rotatable bonds is 2. The number of benzene rings is 2. The number of carbonyl (C=O) groups is 1. The van der Waals surface area contributed by atoms with Crippen LogP contribution in [0.25, 0.3) is 10.9 Å². The number of aliphatic hydroxyl groups is 1. The summed E-state index contributed by atoms with van der Waals surface area (Å²) in [5.74, 6) is -1.42. The third kappa shape index (κ3) is 2.42. The molecule has 0 spiro atoms. The van der Waals surface area contributed by atoms with Gasteiger partial charge in [0, 0.05) is 40.5 Å². The molecule has 3 aromatic rings. The van der Waals surface area contributed by atoms with E-state index in [1.54, 1.807) is 0 Å². The zero-order chi connectivity index (χ0) is 20.6. The van der Waals surface area contributed by atoms with Gasteiger partial charge in [-0.25, -0.2) is 12.8 Å². The van der Waals surface area contributed by atoms with Crippen molar-refractivity contribution in [2.45, 2.75) is 10.8 Å². The molecule has 146 valence electrons. The minimum absolute atomic E-state index is 0.00870. The molecule has 2 aromatic carbocycles. The number of aryl methyl sites for hydroxylation is 1. The fourth-order valence-electron chi connectivity index (χ4n) is 3.65. The molecule has 0 bridgehead atoms. The van der Waals surface area contributed by atoms with E-state index in [2.05, 4.69) is 10.4 Å². The SMILES string of the molecule is Cn1nc2c3c(c(N)cc2c1S(C)(=O)=O)C(O)(c1cc(F)ccc1Cl)NC3=O. The number of nitrogens with zero attached hydrogens (tertiary/aromatic N) is 2. The number of halogens is 2. The van der Waals surface area contributed by atoms with Gasteiger partial charge in [-0.2, -0.15) is 5.10 Å². The van der Waals surface area contributed by atoms with Gasteiger partial charge >= 0.3 is 0 Å². The molecule has 1 aliphatic heterocycles. The summed E-state index contributed by atoms with van der Waals surface area (Å²) >= 11 is 6.12. The van der Waals surface area contributed by atoms with Gasteiger partial charge < -0.3 is 16.2 Å². The molecule has 1 atom stereocenters. The van der Waals surface area contributed by atoms with E-state index in [0.717, 1.165) is 23.1 Å². The Morgan fingerprint density at radius 1 is 1.36 bits per heavy atom. The number of anilines is 1. The lowest BCUT2D eigenvalue weighted by molar-refractivity contribution is 0.0479. The molecular formula is C17H14ClFN4O4S. The minimum atomic E-state index is -3.68. The maximum Gasteiger partial charge on any atom is 0.256 e. The smallest absolute Gasteiger partial charge is 0.256 e. The summed E-state index contributed by atoms with van der Waals surface area (Å²) in [4.78, 5) is 12.7. The van der Waals surface area contributed by atoms with Crippen molar-refractivity contribution in [1.82, 2.24) is 15.1 Å². The fourth-order valence-corrected chi connectivity index (χ4v) is 4.98. The molecule has 2 heterocycles. The highest BCUT2D eigenvalue weighted by atomic mass is 35.5. The summed E-state index contributed by atoms with van der Waals surface area (Å²) in [6.45, 7) is 0. The molecular weight excluding hydrogens is 411 g/mol. The van der Waals surface area contributed by atoms with Crippen LogP contribution in [0.2, 0.25) is 5.02 Å². The lowest BCUT2D eigenvalue weighted by Gasteiger charge is -2.26. The molecule has 0 radical (unpaired) electrons. The molecule has 1 amide bonds. The second-order valence-corrected chi connectivity index (χ2v) is 8.94. The molecule has 0 saturated carbocycles. The Labute approximate surface area is 163 Å². The van der Waals surface area contributed by atoms with Crippen LogP contribution >= 0.6 is 11.6 Å². The number of nitrogens with two attached hydrogens (primary N) is 1. The predicted octanol–water partition coefficient (Wildman–Crippen LogP) is 1.29. The fraction of sp³-hybridized carbons (Fsp3) is 0.176. The molecule has 8 nitrogen and oxygen atoms in total. The first-order valence-electron chi connectivity index (χ1n) is 7.95. The van der Waals surface area contributed by atoms with Crippen LogP contribution in [-0.2, 0) is 22.6 Å². The number of nitrogens with one attached hydrogen (secondary N) is 1. The molecule has 28 heavy (non-hydrogen) atoms. The minimum Gasteiger partial charge on any atom is -0.398 e. The molecule has 0 fully saturated rings. The van der Waals surface area contributed by atoms with Crippen molar-refractivity contribution >= 4 is 43.9 Å². The van der Waals surface area contributed by atoms with Crippen molar-refractivity contribution in [3.63, 3.8) is 0 Å². The summed E-state index contributed by atoms with van der Waals surface area (Å²) in [5, 5.41) is 17.8. The van der Waals surface area contributed by atoms with E-state index in [9.17, 15) is 22.7 Å². The Morgan fingerprint density at radius 3 is 2.68 bits per heavy atom. The van der Waals surface area contributed by atoms with Gasteiger partial charge in [0.05, 0.1) is 5.56 Å². The second-order valence-electron chi connectivity index (χ2n) is 6.60. The average molecular weight is 425 g/mol. The van der Waals surface area contributed by atoms with E-state index in [0.29, 0.717) is 0 Å². The Hall–Kier alpha value is -2.69. The zero-order valence-electron chi connectivity index (χ0n) is 14.6. The highest BCUT2D eigenvalue weighted by molar-refractivity contribution is 7.90. The molecule has 1 aliphatic rings. The molecule has 0 aliphatic carbocycles. The van der Waals surface area contributed by atoms with Crippen LogP contribution in [0.3, 0.4) is 0 Å². The Kier molecular flexibility index (Phi) is 3.77. The van der Waals surface area contributed by atoms with Gasteiger partial charge in [0.2, 0.25) is 0 Å². The van der Waals surface area contributed by atoms with Crippen molar-refractivity contribution in [2.24, 2.45) is 7.05 Å². The second kappa shape index (κ2) is 5.66. The van der Waals surface area contributed by atoms with Crippen molar-refractivity contribution < 1.29 is 22.7 Å². The first-order valence-corrected chi connectivity index (χ1v) is 10.2. The number of carbonyl (C=O) groups excluding carboxylic acids is 1. The number of fused-ring (bicyclic) bond motifs is 3. The molecule has 1 aromatic heterocycles. The quantitative estimate of drug-likeness (QED) is 0.532. The predicted molar refractivity (Wildman–Crippen MR) is 100 cm³/mol. The van der Waals surface area contributed by atoms with Crippen LogP contribution in [0.15, 0.2) is 29.3 Å². The van der Waals surface area contributed by atoms with Crippen LogP contribution in [-0.4, -0.2) is 35.5 Å². The van der Waals surface area contributed by atoms with Crippen LogP contribution < -0.4 is 11.1 Å². The third-order valence-corrected chi connectivity index (χ3v) is 6.17. The van der Waals surface area contributed by atoms with Crippen LogP contribution in [0.4, 0.5) is 10.1 Å². The largest absolute Gasteiger partial charge is 0.398 e. The van der Waals surface area contributed by atoms with E-state index >= 15 is 0 Å². The van der Waals surface area contributed by atoms with Crippen LogP contribution in [0.5, 0.6) is 0 Å². The summed E-state index contributed by atoms with van der Waals surface area (Å²) < 4.78 is 39.2. The van der Waals surface area contributed by atoms with E-state index in [1.807, 2.05) is 0 Å². The van der Waals surface area contributed by atoms with Gasteiger partial charge in [-0.3, -0.25) is 9.48 Å². The van der Waals surface area contributed by atoms with Crippen molar-refractivity contribution in [3.8, 4) is 0 Å². The molecule has 4 rings (SSSR count). The summed E-state index contributed by atoms with van der Waals surface area (Å²) in [5.41, 5.74) is 3.62. The number of nitrogen functional groups attached to an aromatic ring is 1. The first-order chi connectivity index (χ1) is 12.9. The van der Waals surface area contributed by atoms with Crippen LogP contribution in [0.1, 0.15) is 21.5 Å². The Bertz CT molecular complexity index is 1300. The van der Waals surface area contributed by atoms with Gasteiger partial charge in [-0.15, -0.1) is 0 Å². The third-order valence-electron chi connectivity index (χ3n) is 4.66. The van der Waals surface area contributed by atoms with Crippen molar-refractivity contribution in [3.05, 3.63) is 51.8 Å². The van der Waals surface area contributed by atoms with E-state index in [1.165, 1.54) is 19.2 Å². The standard InChI is InChI=1S/C17H14ClFN4O4S/c1-23-16(28(2,26)27)8-6-11(20)13-12(14(8)22-23)15(24)21-17(13,25)9-5-7(19)3-4-10(9)18/h3-6,25H,20H2,1-2H3,(H,21,24). The summed E-state index contributed by atoms with van der Waals surface area (Å²) in [6, 6.07) is 4.65. The van der Waals surface area contributed by atoms with Crippen molar-refractivity contribution in [2.75, 3.05) is 12.0 Å². The lowest BCUT2D eigenvalue weighted by Crippen LogP contribution is -2.40. The highest BCUT2D eigenvalue weighted by Gasteiger charge is 2.48. The topological polar surface area (TPSA) is 127 Å². The molecule has 0 saturated heterocycles. The van der Waals surface area contributed by atoms with Gasteiger partial charge in [-0.05, 0) is 24.3 Å². The first kappa shape index (κ1) is 18.7. The Balaban J connectivity index is 2.12. The number of amides is 1. The zero-order valence-corrected chi connectivity index (χ0v) is 16.2. The number of sulfone groups is 1. The van der Waals surface area contributed by atoms with E-state index in [4.69, 9.17) is 17.3 Å². The lowest BCUT2D eigenvalue weighted by atomic mass is 9.91. The maximum atomic E-state index is 13.8.